The lowest BCUT2D eigenvalue weighted by atomic mass is 10.0. The SMILES string of the molecule is CCOc1cccc(C2=Nc3cccc4cccc(c34)N2)c1. The second-order valence-corrected chi connectivity index (χ2v) is 5.23. The summed E-state index contributed by atoms with van der Waals surface area (Å²) >= 11 is 0. The van der Waals surface area contributed by atoms with Crippen LogP contribution in [0, 0.1) is 0 Å². The normalized spacial score (nSPS) is 12.7. The molecule has 0 aliphatic carbocycles. The summed E-state index contributed by atoms with van der Waals surface area (Å²) in [5.41, 5.74) is 3.13. The van der Waals surface area contributed by atoms with Gasteiger partial charge in [-0.25, -0.2) is 4.99 Å². The first kappa shape index (κ1) is 12.9. The molecular formula is C19H16N2O. The molecule has 0 fully saturated rings. The minimum absolute atomic E-state index is 0.658. The van der Waals surface area contributed by atoms with E-state index in [0.29, 0.717) is 6.61 Å². The molecule has 0 saturated heterocycles. The van der Waals surface area contributed by atoms with Crippen LogP contribution in [0.5, 0.6) is 5.75 Å². The molecule has 3 aromatic carbocycles. The molecule has 0 atom stereocenters. The summed E-state index contributed by atoms with van der Waals surface area (Å²) in [7, 11) is 0. The number of rotatable bonds is 3. The highest BCUT2D eigenvalue weighted by atomic mass is 16.5. The second-order valence-electron chi connectivity index (χ2n) is 5.23. The van der Waals surface area contributed by atoms with E-state index in [9.17, 15) is 0 Å². The highest BCUT2D eigenvalue weighted by Crippen LogP contribution is 2.36. The molecule has 3 aromatic rings. The molecule has 0 amide bonds. The maximum atomic E-state index is 5.58. The van der Waals surface area contributed by atoms with Crippen molar-refractivity contribution in [3.05, 3.63) is 66.2 Å². The van der Waals surface area contributed by atoms with Gasteiger partial charge in [-0.1, -0.05) is 36.4 Å². The predicted octanol–water partition coefficient (Wildman–Crippen LogP) is 4.74. The molecule has 0 radical (unpaired) electrons. The van der Waals surface area contributed by atoms with E-state index < -0.39 is 0 Å². The van der Waals surface area contributed by atoms with E-state index in [1.807, 2.05) is 37.3 Å². The van der Waals surface area contributed by atoms with E-state index in [-0.39, 0.29) is 0 Å². The Kier molecular flexibility index (Phi) is 3.04. The van der Waals surface area contributed by atoms with Gasteiger partial charge < -0.3 is 10.1 Å². The third-order valence-electron chi connectivity index (χ3n) is 3.79. The van der Waals surface area contributed by atoms with E-state index in [1.165, 1.54) is 10.8 Å². The van der Waals surface area contributed by atoms with Gasteiger partial charge in [-0.3, -0.25) is 0 Å². The standard InChI is InChI=1S/C19H16N2O/c1-2-22-15-9-3-8-14(12-15)19-20-16-10-4-6-13-7-5-11-17(21-19)18(13)16/h3-12H,2H2,1H3,(H,20,21). The average Bonchev–Trinajstić information content (AvgIpc) is 2.56. The first-order chi connectivity index (χ1) is 10.8. The number of amidine groups is 1. The predicted molar refractivity (Wildman–Crippen MR) is 91.4 cm³/mol. The van der Waals surface area contributed by atoms with Crippen LogP contribution in [0.2, 0.25) is 0 Å². The lowest BCUT2D eigenvalue weighted by Crippen LogP contribution is -2.16. The van der Waals surface area contributed by atoms with Crippen LogP contribution in [0.25, 0.3) is 10.8 Å². The Morgan fingerprint density at radius 2 is 1.82 bits per heavy atom. The van der Waals surface area contributed by atoms with Crippen molar-refractivity contribution in [2.75, 3.05) is 11.9 Å². The molecule has 0 bridgehead atoms. The van der Waals surface area contributed by atoms with Crippen LogP contribution in [0.4, 0.5) is 11.4 Å². The highest BCUT2D eigenvalue weighted by molar-refractivity contribution is 6.19. The van der Waals surface area contributed by atoms with Crippen molar-refractivity contribution < 1.29 is 4.74 Å². The van der Waals surface area contributed by atoms with Crippen LogP contribution in [-0.4, -0.2) is 12.4 Å². The number of anilines is 1. The van der Waals surface area contributed by atoms with Gasteiger partial charge in [0, 0.05) is 16.6 Å². The van der Waals surface area contributed by atoms with Crippen LogP contribution in [-0.2, 0) is 0 Å². The van der Waals surface area contributed by atoms with Crippen LogP contribution in [0.1, 0.15) is 12.5 Å². The summed E-state index contributed by atoms with van der Waals surface area (Å²) in [6.45, 7) is 2.64. The summed E-state index contributed by atoms with van der Waals surface area (Å²) in [4.78, 5) is 4.79. The van der Waals surface area contributed by atoms with Gasteiger partial charge in [0.05, 0.1) is 12.3 Å². The molecule has 0 spiro atoms. The number of nitrogens with one attached hydrogen (secondary N) is 1. The molecule has 108 valence electrons. The summed E-state index contributed by atoms with van der Waals surface area (Å²) in [5.74, 6) is 1.72. The quantitative estimate of drug-likeness (QED) is 0.755. The summed E-state index contributed by atoms with van der Waals surface area (Å²) in [6, 6.07) is 20.5. The van der Waals surface area contributed by atoms with Crippen molar-refractivity contribution in [1.82, 2.24) is 0 Å². The van der Waals surface area contributed by atoms with Gasteiger partial charge in [0.15, 0.2) is 0 Å². The molecular weight excluding hydrogens is 272 g/mol. The fourth-order valence-corrected chi connectivity index (χ4v) is 2.83. The largest absolute Gasteiger partial charge is 0.494 e. The summed E-state index contributed by atoms with van der Waals surface area (Å²) < 4.78 is 5.58. The van der Waals surface area contributed by atoms with Crippen molar-refractivity contribution in [1.29, 1.82) is 0 Å². The van der Waals surface area contributed by atoms with Gasteiger partial charge in [-0.15, -0.1) is 0 Å². The van der Waals surface area contributed by atoms with E-state index in [4.69, 9.17) is 9.73 Å². The van der Waals surface area contributed by atoms with E-state index in [2.05, 4.69) is 35.6 Å². The lowest BCUT2D eigenvalue weighted by Gasteiger charge is -2.19. The smallest absolute Gasteiger partial charge is 0.138 e. The van der Waals surface area contributed by atoms with Crippen molar-refractivity contribution in [3.8, 4) is 5.75 Å². The molecule has 1 aliphatic rings. The number of ether oxygens (including phenoxy) is 1. The first-order valence-corrected chi connectivity index (χ1v) is 7.46. The number of benzene rings is 3. The number of hydrogen-bond donors (Lipinski definition) is 1. The zero-order valence-corrected chi connectivity index (χ0v) is 12.3. The minimum atomic E-state index is 0.658. The van der Waals surface area contributed by atoms with Gasteiger partial charge in [-0.2, -0.15) is 0 Å². The summed E-state index contributed by atoms with van der Waals surface area (Å²) in [6.07, 6.45) is 0. The Morgan fingerprint density at radius 3 is 2.68 bits per heavy atom. The summed E-state index contributed by atoms with van der Waals surface area (Å²) in [5, 5.41) is 5.82. The molecule has 0 aromatic heterocycles. The molecule has 0 saturated carbocycles. The van der Waals surface area contributed by atoms with Gasteiger partial charge >= 0.3 is 0 Å². The average molecular weight is 288 g/mol. The zero-order chi connectivity index (χ0) is 14.9. The molecule has 3 nitrogen and oxygen atoms in total. The monoisotopic (exact) mass is 288 g/mol. The molecule has 1 aliphatic heterocycles. The van der Waals surface area contributed by atoms with Crippen molar-refractivity contribution >= 4 is 28.0 Å². The number of hydrogen-bond acceptors (Lipinski definition) is 3. The third-order valence-corrected chi connectivity index (χ3v) is 3.79. The Bertz CT molecular complexity index is 878. The Labute approximate surface area is 129 Å². The van der Waals surface area contributed by atoms with Gasteiger partial charge in [0.1, 0.15) is 11.6 Å². The topological polar surface area (TPSA) is 33.6 Å². The fraction of sp³-hybridized carbons (Fsp3) is 0.105. The molecule has 0 unspecified atom stereocenters. The molecule has 1 heterocycles. The molecule has 4 rings (SSSR count). The molecule has 3 heteroatoms. The minimum Gasteiger partial charge on any atom is -0.494 e. The van der Waals surface area contributed by atoms with E-state index in [1.54, 1.807) is 0 Å². The first-order valence-electron chi connectivity index (χ1n) is 7.46. The van der Waals surface area contributed by atoms with Crippen molar-refractivity contribution in [2.24, 2.45) is 4.99 Å². The number of aliphatic imine (C=N–C) groups is 1. The fourth-order valence-electron chi connectivity index (χ4n) is 2.83. The van der Waals surface area contributed by atoms with E-state index in [0.717, 1.165) is 28.5 Å². The highest BCUT2D eigenvalue weighted by Gasteiger charge is 2.15. The Balaban J connectivity index is 1.83. The molecule has 1 N–H and O–H groups in total. The maximum absolute atomic E-state index is 5.58. The third kappa shape index (κ3) is 2.11. The lowest BCUT2D eigenvalue weighted by molar-refractivity contribution is 0.340. The zero-order valence-electron chi connectivity index (χ0n) is 12.3. The maximum Gasteiger partial charge on any atom is 0.138 e. The van der Waals surface area contributed by atoms with Crippen molar-refractivity contribution in [3.63, 3.8) is 0 Å². The van der Waals surface area contributed by atoms with Crippen molar-refractivity contribution in [2.45, 2.75) is 6.92 Å². The van der Waals surface area contributed by atoms with Crippen LogP contribution in [0.15, 0.2) is 65.7 Å². The Hall–Kier alpha value is -2.81. The van der Waals surface area contributed by atoms with Gasteiger partial charge in [0.25, 0.3) is 0 Å². The Morgan fingerprint density at radius 1 is 1.00 bits per heavy atom. The number of nitrogens with zero attached hydrogens (tertiary/aromatic N) is 1. The molecule has 22 heavy (non-hydrogen) atoms. The van der Waals surface area contributed by atoms with Crippen LogP contribution in [0.3, 0.4) is 0 Å². The second kappa shape index (κ2) is 5.19. The van der Waals surface area contributed by atoms with Gasteiger partial charge in [0.2, 0.25) is 0 Å². The van der Waals surface area contributed by atoms with Gasteiger partial charge in [-0.05, 0) is 36.6 Å². The van der Waals surface area contributed by atoms with E-state index >= 15 is 0 Å². The van der Waals surface area contributed by atoms with Crippen LogP contribution < -0.4 is 10.1 Å². The van der Waals surface area contributed by atoms with Crippen LogP contribution >= 0.6 is 0 Å².